The Bertz CT molecular complexity index is 777. The molecule has 0 saturated heterocycles. The zero-order chi connectivity index (χ0) is 15.6. The molecule has 0 amide bonds. The van der Waals surface area contributed by atoms with Crippen LogP contribution in [0.5, 0.6) is 0 Å². The minimum atomic E-state index is -4.09. The quantitative estimate of drug-likeness (QED) is 0.911. The highest BCUT2D eigenvalue weighted by Gasteiger charge is 2.19. The first kappa shape index (κ1) is 15.4. The van der Waals surface area contributed by atoms with Crippen molar-refractivity contribution >= 4 is 15.7 Å². The molecule has 2 aromatic rings. The van der Waals surface area contributed by atoms with Gasteiger partial charge in [-0.25, -0.2) is 17.2 Å². The summed E-state index contributed by atoms with van der Waals surface area (Å²) in [7, 11) is -4.09. The summed E-state index contributed by atoms with van der Waals surface area (Å²) in [6.45, 7) is 1.62. The fourth-order valence-electron chi connectivity index (χ4n) is 1.81. The summed E-state index contributed by atoms with van der Waals surface area (Å²) in [5.74, 6) is -1.33. The van der Waals surface area contributed by atoms with Crippen LogP contribution in [-0.4, -0.2) is 8.42 Å². The van der Waals surface area contributed by atoms with Crippen LogP contribution in [0.3, 0.4) is 0 Å². The molecule has 0 unspecified atom stereocenters. The predicted molar refractivity (Wildman–Crippen MR) is 76.2 cm³/mol. The van der Waals surface area contributed by atoms with Crippen LogP contribution in [0.25, 0.3) is 0 Å². The van der Waals surface area contributed by atoms with Crippen molar-refractivity contribution in [1.29, 1.82) is 0 Å². The molecule has 0 spiro atoms. The third kappa shape index (κ3) is 3.37. The molecule has 0 saturated carbocycles. The molecule has 2 rings (SSSR count). The second kappa shape index (κ2) is 5.79. The van der Waals surface area contributed by atoms with E-state index in [1.807, 2.05) is 0 Å². The first-order valence-corrected chi connectivity index (χ1v) is 7.59. The van der Waals surface area contributed by atoms with Crippen LogP contribution in [0, 0.1) is 18.6 Å². The maximum absolute atomic E-state index is 13.8. The largest absolute Gasteiger partial charge is 0.326 e. The molecule has 21 heavy (non-hydrogen) atoms. The van der Waals surface area contributed by atoms with Gasteiger partial charge >= 0.3 is 0 Å². The van der Waals surface area contributed by atoms with E-state index in [1.54, 1.807) is 0 Å². The monoisotopic (exact) mass is 312 g/mol. The number of nitrogens with two attached hydrogens (primary N) is 1. The zero-order valence-electron chi connectivity index (χ0n) is 11.2. The summed E-state index contributed by atoms with van der Waals surface area (Å²) in [5.41, 5.74) is 6.30. The van der Waals surface area contributed by atoms with E-state index in [-0.39, 0.29) is 17.8 Å². The highest BCUT2D eigenvalue weighted by atomic mass is 32.2. The van der Waals surface area contributed by atoms with Crippen molar-refractivity contribution in [2.24, 2.45) is 5.73 Å². The van der Waals surface area contributed by atoms with Gasteiger partial charge in [-0.2, -0.15) is 0 Å². The van der Waals surface area contributed by atoms with Gasteiger partial charge in [-0.1, -0.05) is 6.07 Å². The Hall–Kier alpha value is -1.99. The number of nitrogens with one attached hydrogen (secondary N) is 1. The van der Waals surface area contributed by atoms with Crippen molar-refractivity contribution in [2.45, 2.75) is 18.4 Å². The Morgan fingerprint density at radius 1 is 1.10 bits per heavy atom. The summed E-state index contributed by atoms with van der Waals surface area (Å²) in [6, 6.07) is 7.40. The fourth-order valence-corrected chi connectivity index (χ4v) is 2.92. The summed E-state index contributed by atoms with van der Waals surface area (Å²) < 4.78 is 53.5. The molecule has 0 bridgehead atoms. The van der Waals surface area contributed by atoms with Crippen LogP contribution in [0.15, 0.2) is 41.3 Å². The Kier molecular flexibility index (Phi) is 4.24. The topological polar surface area (TPSA) is 72.2 Å². The smallest absolute Gasteiger partial charge is 0.264 e. The first-order valence-electron chi connectivity index (χ1n) is 6.11. The summed E-state index contributed by atoms with van der Waals surface area (Å²) in [5, 5.41) is 0. The molecule has 0 heterocycles. The Labute approximate surface area is 121 Å². The fraction of sp³-hybridized carbons (Fsp3) is 0.143. The molecular formula is C14H14F2N2O2S. The minimum Gasteiger partial charge on any atom is -0.326 e. The highest BCUT2D eigenvalue weighted by Crippen LogP contribution is 2.21. The SMILES string of the molecule is Cc1cc(NS(=O)(=O)c2ccc(CN)cc2F)ccc1F. The zero-order valence-corrected chi connectivity index (χ0v) is 12.0. The normalized spacial score (nSPS) is 11.4. The lowest BCUT2D eigenvalue weighted by Crippen LogP contribution is -2.15. The minimum absolute atomic E-state index is 0.113. The van der Waals surface area contributed by atoms with Crippen LogP contribution in [0.4, 0.5) is 14.5 Å². The Balaban J connectivity index is 2.36. The number of sulfonamides is 1. The Morgan fingerprint density at radius 3 is 2.38 bits per heavy atom. The lowest BCUT2D eigenvalue weighted by Gasteiger charge is -2.10. The molecule has 3 N–H and O–H groups in total. The van der Waals surface area contributed by atoms with Gasteiger partial charge in [0.25, 0.3) is 10.0 Å². The molecule has 0 aliphatic heterocycles. The van der Waals surface area contributed by atoms with E-state index in [0.29, 0.717) is 5.56 Å². The first-order chi connectivity index (χ1) is 9.83. The second-order valence-electron chi connectivity index (χ2n) is 4.54. The lowest BCUT2D eigenvalue weighted by atomic mass is 10.2. The number of anilines is 1. The number of benzene rings is 2. The van der Waals surface area contributed by atoms with Gasteiger partial charge in [0.15, 0.2) is 0 Å². The predicted octanol–water partition coefficient (Wildman–Crippen LogP) is 2.53. The van der Waals surface area contributed by atoms with Crippen molar-refractivity contribution in [3.8, 4) is 0 Å². The van der Waals surface area contributed by atoms with Crippen LogP contribution < -0.4 is 10.5 Å². The molecule has 0 radical (unpaired) electrons. The molecule has 0 atom stereocenters. The molecule has 0 fully saturated rings. The molecule has 112 valence electrons. The van der Waals surface area contributed by atoms with Gasteiger partial charge in [0.05, 0.1) is 0 Å². The summed E-state index contributed by atoms with van der Waals surface area (Å²) in [4.78, 5) is -0.485. The van der Waals surface area contributed by atoms with Crippen molar-refractivity contribution in [3.05, 3.63) is 59.2 Å². The van der Waals surface area contributed by atoms with Gasteiger partial charge < -0.3 is 5.73 Å². The lowest BCUT2D eigenvalue weighted by molar-refractivity contribution is 0.569. The molecule has 7 heteroatoms. The number of halogens is 2. The average molecular weight is 312 g/mol. The van der Waals surface area contributed by atoms with E-state index >= 15 is 0 Å². The van der Waals surface area contributed by atoms with Gasteiger partial charge in [-0.05, 0) is 48.4 Å². The van der Waals surface area contributed by atoms with Crippen molar-refractivity contribution in [2.75, 3.05) is 4.72 Å². The molecule has 0 aliphatic carbocycles. The van der Waals surface area contributed by atoms with Gasteiger partial charge in [-0.15, -0.1) is 0 Å². The number of hydrogen-bond donors (Lipinski definition) is 2. The number of rotatable bonds is 4. The second-order valence-corrected chi connectivity index (χ2v) is 6.19. The van der Waals surface area contributed by atoms with Crippen LogP contribution in [0.2, 0.25) is 0 Å². The van der Waals surface area contributed by atoms with Crippen molar-refractivity contribution < 1.29 is 17.2 Å². The highest BCUT2D eigenvalue weighted by molar-refractivity contribution is 7.92. The number of hydrogen-bond acceptors (Lipinski definition) is 3. The van der Waals surface area contributed by atoms with Crippen LogP contribution in [-0.2, 0) is 16.6 Å². The third-order valence-corrected chi connectivity index (χ3v) is 4.35. The molecule has 0 aliphatic rings. The van der Waals surface area contributed by atoms with Crippen molar-refractivity contribution in [3.63, 3.8) is 0 Å². The number of aryl methyl sites for hydroxylation is 1. The molecular weight excluding hydrogens is 298 g/mol. The summed E-state index contributed by atoms with van der Waals surface area (Å²) >= 11 is 0. The standard InChI is InChI=1S/C14H14F2N2O2S/c1-9-6-11(3-4-12(9)15)18-21(19,20)14-5-2-10(8-17)7-13(14)16/h2-7,18H,8,17H2,1H3. The van der Waals surface area contributed by atoms with E-state index in [2.05, 4.69) is 4.72 Å². The maximum atomic E-state index is 13.8. The van der Waals surface area contributed by atoms with E-state index in [4.69, 9.17) is 5.73 Å². The van der Waals surface area contributed by atoms with E-state index in [9.17, 15) is 17.2 Å². The van der Waals surface area contributed by atoms with Gasteiger partial charge in [-0.3, -0.25) is 4.72 Å². The van der Waals surface area contributed by atoms with E-state index in [0.717, 1.165) is 18.2 Å². The van der Waals surface area contributed by atoms with Gasteiger partial charge in [0, 0.05) is 12.2 Å². The van der Waals surface area contributed by atoms with Gasteiger partial charge in [0.1, 0.15) is 16.5 Å². The average Bonchev–Trinajstić information content (AvgIpc) is 2.42. The molecule has 0 aromatic heterocycles. The van der Waals surface area contributed by atoms with Crippen LogP contribution >= 0.6 is 0 Å². The molecule has 2 aromatic carbocycles. The van der Waals surface area contributed by atoms with E-state index < -0.39 is 26.6 Å². The molecule has 4 nitrogen and oxygen atoms in total. The van der Waals surface area contributed by atoms with Crippen LogP contribution in [0.1, 0.15) is 11.1 Å². The third-order valence-electron chi connectivity index (χ3n) is 2.93. The summed E-state index contributed by atoms with van der Waals surface area (Å²) in [6.07, 6.45) is 0. The van der Waals surface area contributed by atoms with E-state index in [1.165, 1.54) is 25.1 Å². The Morgan fingerprint density at radius 2 is 1.81 bits per heavy atom. The van der Waals surface area contributed by atoms with Crippen molar-refractivity contribution in [1.82, 2.24) is 0 Å². The maximum Gasteiger partial charge on any atom is 0.264 e. The van der Waals surface area contributed by atoms with Gasteiger partial charge in [0.2, 0.25) is 0 Å².